The average molecular weight is 793 g/mol. The molecular formula is C41H47N3OPt. The van der Waals surface area contributed by atoms with E-state index in [1.54, 1.807) is 0 Å². The van der Waals surface area contributed by atoms with Gasteiger partial charge in [0.05, 0.1) is 5.54 Å². The third-order valence-electron chi connectivity index (χ3n) is 9.69. The van der Waals surface area contributed by atoms with Crippen LogP contribution in [-0.4, -0.2) is 27.6 Å². The van der Waals surface area contributed by atoms with Gasteiger partial charge in [-0.1, -0.05) is 104 Å². The van der Waals surface area contributed by atoms with E-state index in [-0.39, 0.29) is 42.8 Å². The van der Waals surface area contributed by atoms with E-state index in [0.717, 1.165) is 39.1 Å². The summed E-state index contributed by atoms with van der Waals surface area (Å²) in [5.41, 5.74) is 10.4. The van der Waals surface area contributed by atoms with Gasteiger partial charge in [0.15, 0.2) is 0 Å². The fraction of sp³-hybridized carbons (Fsp3) is 0.415. The molecule has 0 saturated heterocycles. The Morgan fingerprint density at radius 3 is 2.13 bits per heavy atom. The summed E-state index contributed by atoms with van der Waals surface area (Å²) >= 11 is 0. The van der Waals surface area contributed by atoms with Crippen molar-refractivity contribution in [3.63, 3.8) is 0 Å². The number of hydrogen-bond acceptors (Lipinski definition) is 3. The average Bonchev–Trinajstić information content (AvgIpc) is 3.50. The summed E-state index contributed by atoms with van der Waals surface area (Å²) in [6, 6.07) is 25.4. The minimum atomic E-state index is -0.312. The van der Waals surface area contributed by atoms with E-state index in [2.05, 4.69) is 148 Å². The second-order valence-corrected chi connectivity index (χ2v) is 16.3. The molecule has 0 bridgehead atoms. The number of aryl methyl sites for hydroxylation is 2. The summed E-state index contributed by atoms with van der Waals surface area (Å²) in [6.45, 7) is 27.2. The van der Waals surface area contributed by atoms with Crippen LogP contribution in [0, 0.1) is 31.4 Å². The zero-order chi connectivity index (χ0) is 32.7. The predicted molar refractivity (Wildman–Crippen MR) is 189 cm³/mol. The van der Waals surface area contributed by atoms with Crippen LogP contribution in [0.3, 0.4) is 0 Å². The largest absolute Gasteiger partial charge is 2.00 e. The predicted octanol–water partition coefficient (Wildman–Crippen LogP) is 10.2. The van der Waals surface area contributed by atoms with Gasteiger partial charge in [0.1, 0.15) is 12.5 Å². The fourth-order valence-electron chi connectivity index (χ4n) is 6.00. The summed E-state index contributed by atoms with van der Waals surface area (Å²) < 4.78 is 8.65. The second kappa shape index (κ2) is 11.5. The van der Waals surface area contributed by atoms with E-state index >= 15 is 0 Å². The Morgan fingerprint density at radius 1 is 0.804 bits per heavy atom. The Kier molecular flexibility index (Phi) is 8.51. The SMILES string of the molecule is Cc1ccc2c(c1)c1cc(C)c(-c3cc(C(C)(C)C)ccn3)[c-]c1n2-c1[c-]c(C2=N[C@](C)(C(C)(C)C)CO2)cc(C(C)(C)C)c1.[Pt+2]. The van der Waals surface area contributed by atoms with Crippen molar-refractivity contribution in [1.82, 2.24) is 9.55 Å². The summed E-state index contributed by atoms with van der Waals surface area (Å²) in [7, 11) is 0. The molecule has 46 heavy (non-hydrogen) atoms. The number of pyridine rings is 1. The Hall–Kier alpha value is -3.23. The number of nitrogens with zero attached hydrogens (tertiary/aromatic N) is 3. The molecule has 1 aliphatic heterocycles. The van der Waals surface area contributed by atoms with Gasteiger partial charge in [-0.25, -0.2) is 0 Å². The smallest absolute Gasteiger partial charge is 0.518 e. The second-order valence-electron chi connectivity index (χ2n) is 16.3. The standard InChI is InChI=1S/C41H47N3O.Pt/c1-25-13-14-35-32(17-25)33-18-26(2)31(34-22-28(15-16-42-34)38(3,4)5)23-36(33)44(35)30-20-27(19-29(21-30)39(6,7)8)37-43-41(12,24-45-37)40(9,10)11;/h13-19,21-22H,24H2,1-12H3;/q-2;+2/t41-;/m0./s1. The van der Waals surface area contributed by atoms with Crippen molar-refractivity contribution >= 4 is 27.7 Å². The van der Waals surface area contributed by atoms with Crippen LogP contribution in [0.15, 0.2) is 59.7 Å². The Labute approximate surface area is 290 Å². The van der Waals surface area contributed by atoms with Crippen molar-refractivity contribution in [2.45, 2.75) is 99.5 Å². The molecule has 0 spiro atoms. The van der Waals surface area contributed by atoms with Crippen LogP contribution in [0.25, 0.3) is 38.8 Å². The fourth-order valence-corrected chi connectivity index (χ4v) is 6.00. The van der Waals surface area contributed by atoms with E-state index in [9.17, 15) is 0 Å². The molecule has 0 radical (unpaired) electrons. The summed E-state index contributed by atoms with van der Waals surface area (Å²) in [5.74, 6) is 0.667. The number of aromatic nitrogens is 2. The van der Waals surface area contributed by atoms with Crippen LogP contribution >= 0.6 is 0 Å². The van der Waals surface area contributed by atoms with Crippen molar-refractivity contribution in [1.29, 1.82) is 0 Å². The molecule has 1 atom stereocenters. The number of hydrogen-bond donors (Lipinski definition) is 0. The van der Waals surface area contributed by atoms with Crippen LogP contribution in [0.1, 0.15) is 97.1 Å². The molecule has 3 heterocycles. The molecular weight excluding hydrogens is 746 g/mol. The molecule has 0 aliphatic carbocycles. The van der Waals surface area contributed by atoms with Gasteiger partial charge < -0.3 is 14.3 Å². The molecule has 5 aromatic rings. The third-order valence-corrected chi connectivity index (χ3v) is 9.69. The van der Waals surface area contributed by atoms with E-state index in [4.69, 9.17) is 14.7 Å². The van der Waals surface area contributed by atoms with Crippen LogP contribution < -0.4 is 0 Å². The van der Waals surface area contributed by atoms with Crippen molar-refractivity contribution in [2.24, 2.45) is 10.4 Å². The van der Waals surface area contributed by atoms with Crippen LogP contribution in [0.2, 0.25) is 0 Å². The first kappa shape index (κ1) is 34.1. The van der Waals surface area contributed by atoms with Gasteiger partial charge in [0.2, 0.25) is 0 Å². The van der Waals surface area contributed by atoms with E-state index < -0.39 is 0 Å². The van der Waals surface area contributed by atoms with E-state index in [1.165, 1.54) is 27.5 Å². The first-order valence-electron chi connectivity index (χ1n) is 16.1. The molecule has 0 amide bonds. The van der Waals surface area contributed by atoms with Gasteiger partial charge in [-0.05, 0) is 70.1 Å². The maximum atomic E-state index is 6.34. The van der Waals surface area contributed by atoms with Crippen molar-refractivity contribution in [3.05, 3.63) is 94.7 Å². The van der Waals surface area contributed by atoms with Gasteiger partial charge >= 0.3 is 21.1 Å². The van der Waals surface area contributed by atoms with Gasteiger partial charge in [-0.15, -0.1) is 47.0 Å². The molecule has 6 rings (SSSR count). The number of aliphatic imine (C=N–C) groups is 1. The zero-order valence-corrected chi connectivity index (χ0v) is 31.7. The van der Waals surface area contributed by atoms with Gasteiger partial charge in [0, 0.05) is 11.7 Å². The van der Waals surface area contributed by atoms with Crippen molar-refractivity contribution in [3.8, 4) is 16.9 Å². The Balaban J connectivity index is 0.00000417. The molecule has 242 valence electrons. The molecule has 3 aromatic carbocycles. The van der Waals surface area contributed by atoms with Gasteiger partial charge in [0.25, 0.3) is 0 Å². The Bertz CT molecular complexity index is 2000. The molecule has 2 aromatic heterocycles. The summed E-state index contributed by atoms with van der Waals surface area (Å²) in [6.07, 6.45) is 1.92. The summed E-state index contributed by atoms with van der Waals surface area (Å²) in [5, 5.41) is 2.38. The number of fused-ring (bicyclic) bond motifs is 3. The normalized spacial score (nSPS) is 17.3. The summed E-state index contributed by atoms with van der Waals surface area (Å²) in [4.78, 5) is 10.0. The van der Waals surface area contributed by atoms with Crippen LogP contribution in [0.4, 0.5) is 0 Å². The zero-order valence-electron chi connectivity index (χ0n) is 29.5. The molecule has 5 heteroatoms. The first-order valence-corrected chi connectivity index (χ1v) is 16.1. The van der Waals surface area contributed by atoms with Crippen molar-refractivity contribution < 1.29 is 25.8 Å². The van der Waals surface area contributed by atoms with Crippen LogP contribution in [-0.2, 0) is 36.6 Å². The van der Waals surface area contributed by atoms with E-state index in [0.29, 0.717) is 12.5 Å². The third kappa shape index (κ3) is 5.99. The number of benzene rings is 3. The maximum absolute atomic E-state index is 6.34. The Morgan fingerprint density at radius 2 is 1.50 bits per heavy atom. The molecule has 0 unspecified atom stereocenters. The van der Waals surface area contributed by atoms with Gasteiger partial charge in [-0.2, -0.15) is 0 Å². The molecule has 1 aliphatic rings. The van der Waals surface area contributed by atoms with Crippen molar-refractivity contribution in [2.75, 3.05) is 6.61 Å². The van der Waals surface area contributed by atoms with E-state index in [1.807, 2.05) is 6.20 Å². The molecule has 0 N–H and O–H groups in total. The van der Waals surface area contributed by atoms with Crippen LogP contribution in [0.5, 0.6) is 0 Å². The minimum Gasteiger partial charge on any atom is -0.518 e. The molecule has 0 saturated carbocycles. The van der Waals surface area contributed by atoms with Gasteiger partial charge in [-0.3, -0.25) is 4.99 Å². The minimum absolute atomic E-state index is 0. The molecule has 0 fully saturated rings. The quantitative estimate of drug-likeness (QED) is 0.171. The maximum Gasteiger partial charge on any atom is 2.00 e. The number of rotatable bonds is 3. The number of ether oxygens (including phenoxy) is 1. The molecule has 4 nitrogen and oxygen atoms in total. The topological polar surface area (TPSA) is 39.4 Å². The monoisotopic (exact) mass is 792 g/mol. The first-order chi connectivity index (χ1) is 20.9.